The lowest BCUT2D eigenvalue weighted by molar-refractivity contribution is -0.156. The topological polar surface area (TPSA) is 165 Å². The highest BCUT2D eigenvalue weighted by molar-refractivity contribution is 6.33. The van der Waals surface area contributed by atoms with Crippen LogP contribution in [0.5, 0.6) is 0 Å². The zero-order valence-corrected chi connectivity index (χ0v) is 32.6. The highest BCUT2D eigenvalue weighted by Gasteiger charge is 2.49. The molecule has 0 saturated carbocycles. The van der Waals surface area contributed by atoms with Crippen LogP contribution in [0.3, 0.4) is 0 Å². The second kappa shape index (κ2) is 18.0. The van der Waals surface area contributed by atoms with Crippen molar-refractivity contribution in [1.29, 1.82) is 0 Å². The molecule has 0 aliphatic carbocycles. The van der Waals surface area contributed by atoms with Gasteiger partial charge in [-0.1, -0.05) is 23.2 Å². The predicted octanol–water partition coefficient (Wildman–Crippen LogP) is 6.00. The smallest absolute Gasteiger partial charge is 0.410 e. The minimum Gasteiger partial charge on any atom is -0.444 e. The van der Waals surface area contributed by atoms with E-state index in [0.29, 0.717) is 0 Å². The maximum Gasteiger partial charge on any atom is 0.410 e. The van der Waals surface area contributed by atoms with Gasteiger partial charge in [0.15, 0.2) is 11.6 Å². The van der Waals surface area contributed by atoms with Crippen LogP contribution in [-0.4, -0.2) is 110 Å². The number of pyridine rings is 2. The van der Waals surface area contributed by atoms with E-state index in [-0.39, 0.29) is 73.7 Å². The molecule has 0 spiro atoms. The van der Waals surface area contributed by atoms with E-state index in [4.69, 9.17) is 27.9 Å². The first-order valence-electron chi connectivity index (χ1n) is 16.7. The lowest BCUT2D eigenvalue weighted by atomic mass is 10.1. The Kier molecular flexibility index (Phi) is 14.2. The van der Waals surface area contributed by atoms with Crippen molar-refractivity contribution >= 4 is 53.3 Å². The summed E-state index contributed by atoms with van der Waals surface area (Å²) in [6.07, 6.45) is -7.93. The summed E-state index contributed by atoms with van der Waals surface area (Å²) in [4.78, 5) is 58.9. The summed E-state index contributed by atoms with van der Waals surface area (Å²) in [5, 5.41) is 1.65. The Morgan fingerprint density at radius 3 is 1.67 bits per heavy atom. The molecule has 25 heteroatoms. The lowest BCUT2D eigenvalue weighted by Gasteiger charge is -2.42. The Balaban J connectivity index is 0.000000259. The third kappa shape index (κ3) is 11.0. The van der Waals surface area contributed by atoms with Crippen LogP contribution in [-0.2, 0) is 4.74 Å². The van der Waals surface area contributed by atoms with Crippen LogP contribution in [0.1, 0.15) is 20.8 Å². The van der Waals surface area contributed by atoms with Crippen LogP contribution >= 0.6 is 35.6 Å². The molecule has 2 atom stereocenters. The Bertz CT molecular complexity index is 2220. The molecular formula is C33H33Cl3F8N10O4. The second-order valence-corrected chi connectivity index (χ2v) is 14.2. The predicted molar refractivity (Wildman–Crippen MR) is 198 cm³/mol. The number of alkyl halides is 6. The van der Waals surface area contributed by atoms with Crippen LogP contribution in [0.4, 0.5) is 51.6 Å². The molecule has 58 heavy (non-hydrogen) atoms. The van der Waals surface area contributed by atoms with E-state index in [0.717, 1.165) is 39.2 Å². The molecule has 2 fully saturated rings. The number of carbonyl (C=O) groups excluding carboxylic acids is 1. The van der Waals surface area contributed by atoms with E-state index >= 15 is 0 Å². The van der Waals surface area contributed by atoms with Gasteiger partial charge in [-0.15, -0.1) is 12.4 Å². The van der Waals surface area contributed by atoms with Gasteiger partial charge in [0.2, 0.25) is 11.9 Å². The molecule has 1 amide bonds. The molecule has 2 saturated heterocycles. The fraction of sp³-hybridized carbons (Fsp3) is 0.424. The number of carbonyl (C=O) groups is 1. The number of aromatic amines is 2. The van der Waals surface area contributed by atoms with Crippen LogP contribution in [0.15, 0.2) is 46.2 Å². The van der Waals surface area contributed by atoms with Crippen molar-refractivity contribution in [3.8, 4) is 22.8 Å². The second-order valence-electron chi connectivity index (χ2n) is 13.5. The summed E-state index contributed by atoms with van der Waals surface area (Å²) in [7, 11) is 0. The van der Waals surface area contributed by atoms with Gasteiger partial charge in [0, 0.05) is 68.4 Å². The maximum absolute atomic E-state index is 13.9. The highest BCUT2D eigenvalue weighted by atomic mass is 35.5. The number of amides is 1. The van der Waals surface area contributed by atoms with Crippen molar-refractivity contribution in [3.63, 3.8) is 0 Å². The number of nitrogens with zero attached hydrogens (tertiary/aromatic N) is 7. The van der Waals surface area contributed by atoms with Crippen molar-refractivity contribution in [1.82, 2.24) is 40.1 Å². The number of hydrogen-bond acceptors (Lipinski definition) is 11. The zero-order chi connectivity index (χ0) is 42.0. The van der Waals surface area contributed by atoms with Crippen molar-refractivity contribution in [2.45, 2.75) is 50.8 Å². The average Bonchev–Trinajstić information content (AvgIpc) is 3.12. The van der Waals surface area contributed by atoms with Gasteiger partial charge in [0.1, 0.15) is 39.4 Å². The minimum absolute atomic E-state index is 0. The van der Waals surface area contributed by atoms with Gasteiger partial charge in [-0.25, -0.2) is 24.7 Å². The molecule has 2 unspecified atom stereocenters. The van der Waals surface area contributed by atoms with E-state index < -0.39 is 81.6 Å². The fourth-order valence-corrected chi connectivity index (χ4v) is 6.10. The number of anilines is 2. The van der Waals surface area contributed by atoms with Gasteiger partial charge in [0.05, 0.1) is 6.54 Å². The third-order valence-electron chi connectivity index (χ3n) is 8.27. The van der Waals surface area contributed by atoms with Gasteiger partial charge < -0.3 is 34.7 Å². The molecule has 0 aromatic carbocycles. The summed E-state index contributed by atoms with van der Waals surface area (Å²) in [6, 6.07) is 0.610. The molecule has 4 aromatic rings. The van der Waals surface area contributed by atoms with Gasteiger partial charge >= 0.3 is 18.4 Å². The molecular weight excluding hydrogens is 859 g/mol. The molecule has 0 radical (unpaired) electrons. The van der Waals surface area contributed by atoms with Gasteiger partial charge in [-0.3, -0.25) is 9.59 Å². The average molecular weight is 892 g/mol. The quantitative estimate of drug-likeness (QED) is 0.163. The zero-order valence-electron chi connectivity index (χ0n) is 30.3. The fourth-order valence-electron chi connectivity index (χ4n) is 5.71. The summed E-state index contributed by atoms with van der Waals surface area (Å²) in [5.74, 6) is -2.65. The number of rotatable bonds is 4. The molecule has 6 heterocycles. The molecule has 14 nitrogen and oxygen atoms in total. The lowest BCUT2D eigenvalue weighted by Crippen LogP contribution is -2.61. The molecule has 6 rings (SSSR count). The molecule has 3 N–H and O–H groups in total. The summed E-state index contributed by atoms with van der Waals surface area (Å²) < 4.78 is 114. The van der Waals surface area contributed by atoms with Crippen LogP contribution in [0, 0.1) is 11.9 Å². The first kappa shape index (κ1) is 45.9. The van der Waals surface area contributed by atoms with Crippen molar-refractivity contribution in [2.75, 3.05) is 49.1 Å². The van der Waals surface area contributed by atoms with E-state index in [1.54, 1.807) is 20.8 Å². The van der Waals surface area contributed by atoms with Crippen LogP contribution in [0.25, 0.3) is 22.8 Å². The monoisotopic (exact) mass is 890 g/mol. The number of halogens is 11. The maximum atomic E-state index is 13.9. The van der Waals surface area contributed by atoms with Crippen molar-refractivity contribution in [2.24, 2.45) is 0 Å². The van der Waals surface area contributed by atoms with Gasteiger partial charge in [0.25, 0.3) is 11.1 Å². The SMILES string of the molecule is CC(C)(C)OC(=O)N1CCN(c2nc(-c3ccnc(F)c3)[nH]c(=O)c2Cl)C(C(F)(F)F)C1.Cl.O=c1[nH]c(-c2ccnc(F)c2)nc(N2CCNCC2C(F)(F)F)c1Cl. The van der Waals surface area contributed by atoms with E-state index in [1.807, 2.05) is 0 Å². The third-order valence-corrected chi connectivity index (χ3v) is 8.95. The molecule has 316 valence electrons. The molecule has 2 aliphatic rings. The van der Waals surface area contributed by atoms with E-state index in [1.165, 1.54) is 12.1 Å². The largest absolute Gasteiger partial charge is 0.444 e. The first-order valence-corrected chi connectivity index (χ1v) is 17.5. The number of ether oxygens (including phenoxy) is 1. The molecule has 2 aliphatic heterocycles. The van der Waals surface area contributed by atoms with Crippen LogP contribution < -0.4 is 26.2 Å². The number of aromatic nitrogens is 6. The number of nitrogens with one attached hydrogen (secondary N) is 3. The minimum atomic E-state index is -4.78. The van der Waals surface area contributed by atoms with Gasteiger partial charge in [-0.05, 0) is 32.9 Å². The van der Waals surface area contributed by atoms with Gasteiger partial charge in [-0.2, -0.15) is 35.1 Å². The Hall–Kier alpha value is -4.80. The summed E-state index contributed by atoms with van der Waals surface area (Å²) in [6.45, 7) is 3.51. The Morgan fingerprint density at radius 1 is 0.776 bits per heavy atom. The van der Waals surface area contributed by atoms with Crippen molar-refractivity contribution in [3.05, 3.63) is 79.3 Å². The number of H-pyrrole nitrogens is 2. The summed E-state index contributed by atoms with van der Waals surface area (Å²) in [5.41, 5.74) is -2.31. The normalized spacial score (nSPS) is 17.6. The van der Waals surface area contributed by atoms with Crippen molar-refractivity contribution < 1.29 is 44.7 Å². The van der Waals surface area contributed by atoms with E-state index in [2.05, 4.69) is 35.2 Å². The number of piperazine rings is 2. The molecule has 0 bridgehead atoms. The Morgan fingerprint density at radius 2 is 1.24 bits per heavy atom. The van der Waals surface area contributed by atoms with E-state index in [9.17, 15) is 49.5 Å². The Labute approximate surface area is 339 Å². The first-order chi connectivity index (χ1) is 26.5. The molecule has 4 aromatic heterocycles. The summed E-state index contributed by atoms with van der Waals surface area (Å²) >= 11 is 11.9. The highest BCUT2D eigenvalue weighted by Crippen LogP contribution is 2.35. The number of hydrogen-bond donors (Lipinski definition) is 3. The van der Waals surface area contributed by atoms with Crippen LogP contribution in [0.2, 0.25) is 10.0 Å². The standard InChI is InChI=1S/C19H20ClF4N5O3.C14H12ClF4N5O.ClH/c1-18(2,3)32-17(31)28-6-7-29(11(9-28)19(22,23)24)15-13(20)16(30)27-14(26-15)10-4-5-25-12(21)8-10;15-10-12(24-4-3-20-6-8(24)14(17,18)19)22-11(23-13(10)25)7-1-2-21-9(16)5-7;/h4-5,8,11H,6-7,9H2,1-3H3,(H,26,27,30);1-2,5,8,20H,3-4,6H2,(H,22,23,25);1H.